The molecule has 0 aliphatic heterocycles. The van der Waals surface area contributed by atoms with Gasteiger partial charge in [0.25, 0.3) is 0 Å². The van der Waals surface area contributed by atoms with E-state index in [2.05, 4.69) is 10.1 Å². The first-order valence-electron chi connectivity index (χ1n) is 7.14. The van der Waals surface area contributed by atoms with Crippen LogP contribution < -0.4 is 5.32 Å². The Labute approximate surface area is 141 Å². The van der Waals surface area contributed by atoms with Gasteiger partial charge in [0.1, 0.15) is 0 Å². The van der Waals surface area contributed by atoms with E-state index >= 15 is 0 Å². The summed E-state index contributed by atoms with van der Waals surface area (Å²) in [5, 5.41) is 11.3. The van der Waals surface area contributed by atoms with E-state index in [4.69, 9.17) is 5.11 Å². The number of nitrogens with one attached hydrogen (secondary N) is 1. The molecular formula is C15H17F3N2O5. The lowest BCUT2D eigenvalue weighted by atomic mass is 10.0. The highest BCUT2D eigenvalue weighted by Crippen LogP contribution is 2.31. The lowest BCUT2D eigenvalue weighted by Gasteiger charge is -2.27. The topological polar surface area (TPSA) is 95.9 Å². The number of halogens is 3. The lowest BCUT2D eigenvalue weighted by Crippen LogP contribution is -2.40. The minimum absolute atomic E-state index is 0.0435. The SMILES string of the molecule is CCOC(=O)Nc1cc(C(=O)O)ccc1[C@H](C)N(C)C(=O)C(F)(F)F. The van der Waals surface area contributed by atoms with Crippen molar-refractivity contribution in [3.05, 3.63) is 29.3 Å². The lowest BCUT2D eigenvalue weighted by molar-refractivity contribution is -0.186. The summed E-state index contributed by atoms with van der Waals surface area (Å²) in [6.07, 6.45) is -5.96. The van der Waals surface area contributed by atoms with Crippen LogP contribution >= 0.6 is 0 Å². The predicted molar refractivity (Wildman–Crippen MR) is 81.3 cm³/mol. The van der Waals surface area contributed by atoms with Gasteiger partial charge in [-0.3, -0.25) is 10.1 Å². The highest BCUT2D eigenvalue weighted by atomic mass is 19.4. The average molecular weight is 362 g/mol. The number of ether oxygens (including phenoxy) is 1. The Hall–Kier alpha value is -2.78. The van der Waals surface area contributed by atoms with Gasteiger partial charge >= 0.3 is 24.1 Å². The number of alkyl halides is 3. The van der Waals surface area contributed by atoms with Crippen LogP contribution in [0.15, 0.2) is 18.2 Å². The normalized spacial score (nSPS) is 12.2. The average Bonchev–Trinajstić information content (AvgIpc) is 2.51. The number of nitrogens with zero attached hydrogens (tertiary/aromatic N) is 1. The van der Waals surface area contributed by atoms with E-state index < -0.39 is 30.2 Å². The maximum Gasteiger partial charge on any atom is 0.471 e. The Bertz CT molecular complexity index is 676. The maximum absolute atomic E-state index is 12.6. The molecule has 0 saturated heterocycles. The molecule has 0 unspecified atom stereocenters. The fraction of sp³-hybridized carbons (Fsp3) is 0.400. The molecule has 1 rings (SSSR count). The van der Waals surface area contributed by atoms with Crippen molar-refractivity contribution in [2.45, 2.75) is 26.1 Å². The van der Waals surface area contributed by atoms with Gasteiger partial charge in [0.05, 0.1) is 23.9 Å². The molecule has 0 heterocycles. The number of anilines is 1. The number of carbonyl (C=O) groups excluding carboxylic acids is 2. The van der Waals surface area contributed by atoms with Crippen LogP contribution in [0.3, 0.4) is 0 Å². The smallest absolute Gasteiger partial charge is 0.471 e. The molecule has 0 aliphatic carbocycles. The highest BCUT2D eigenvalue weighted by Gasteiger charge is 2.43. The Morgan fingerprint density at radius 3 is 2.40 bits per heavy atom. The Morgan fingerprint density at radius 1 is 1.32 bits per heavy atom. The molecule has 138 valence electrons. The van der Waals surface area contributed by atoms with Crippen LogP contribution in [0.4, 0.5) is 23.7 Å². The van der Waals surface area contributed by atoms with Gasteiger partial charge in [-0.25, -0.2) is 9.59 Å². The molecular weight excluding hydrogens is 345 g/mol. The van der Waals surface area contributed by atoms with E-state index in [1.165, 1.54) is 13.0 Å². The minimum atomic E-state index is -5.06. The van der Waals surface area contributed by atoms with Crippen LogP contribution in [0.25, 0.3) is 0 Å². The van der Waals surface area contributed by atoms with Crippen molar-refractivity contribution in [1.82, 2.24) is 4.90 Å². The van der Waals surface area contributed by atoms with Crippen molar-refractivity contribution in [3.63, 3.8) is 0 Å². The van der Waals surface area contributed by atoms with E-state index in [0.29, 0.717) is 4.90 Å². The molecule has 0 aliphatic rings. The number of amides is 2. The summed E-state index contributed by atoms with van der Waals surface area (Å²) in [5.74, 6) is -3.35. The molecule has 0 radical (unpaired) electrons. The number of carboxylic acids is 1. The second-order valence-electron chi connectivity index (χ2n) is 5.04. The first-order chi connectivity index (χ1) is 11.5. The molecule has 0 bridgehead atoms. The third-order valence-corrected chi connectivity index (χ3v) is 3.41. The van der Waals surface area contributed by atoms with E-state index in [1.54, 1.807) is 6.92 Å². The van der Waals surface area contributed by atoms with Crippen molar-refractivity contribution in [3.8, 4) is 0 Å². The van der Waals surface area contributed by atoms with Crippen LogP contribution in [0, 0.1) is 0 Å². The Morgan fingerprint density at radius 2 is 1.92 bits per heavy atom. The predicted octanol–water partition coefficient (Wildman–Crippen LogP) is 3.03. The fourth-order valence-electron chi connectivity index (χ4n) is 2.02. The zero-order chi connectivity index (χ0) is 19.4. The summed E-state index contributed by atoms with van der Waals surface area (Å²) in [6, 6.07) is 2.39. The van der Waals surface area contributed by atoms with Gasteiger partial charge < -0.3 is 14.7 Å². The summed E-state index contributed by atoms with van der Waals surface area (Å²) >= 11 is 0. The molecule has 2 amide bonds. The quantitative estimate of drug-likeness (QED) is 0.839. The van der Waals surface area contributed by atoms with Crippen molar-refractivity contribution in [2.24, 2.45) is 0 Å². The number of benzene rings is 1. The first kappa shape index (κ1) is 20.3. The molecule has 10 heteroatoms. The van der Waals surface area contributed by atoms with Crippen molar-refractivity contribution in [2.75, 3.05) is 19.0 Å². The highest BCUT2D eigenvalue weighted by molar-refractivity contribution is 5.92. The summed E-state index contributed by atoms with van der Waals surface area (Å²) in [5.41, 5.74) is -0.127. The zero-order valence-electron chi connectivity index (χ0n) is 13.7. The van der Waals surface area contributed by atoms with E-state index in [-0.39, 0.29) is 23.4 Å². The number of hydrogen-bond donors (Lipinski definition) is 2. The Kier molecular flexibility index (Phi) is 6.37. The van der Waals surface area contributed by atoms with Crippen LogP contribution in [0.5, 0.6) is 0 Å². The van der Waals surface area contributed by atoms with Crippen molar-refractivity contribution >= 4 is 23.7 Å². The summed E-state index contributed by atoms with van der Waals surface area (Å²) in [4.78, 5) is 34.5. The Balaban J connectivity index is 3.25. The van der Waals surface area contributed by atoms with Gasteiger partial charge in [-0.1, -0.05) is 6.07 Å². The number of carbonyl (C=O) groups is 3. The molecule has 2 N–H and O–H groups in total. The van der Waals surface area contributed by atoms with Crippen LogP contribution in [-0.2, 0) is 9.53 Å². The van der Waals surface area contributed by atoms with Crippen molar-refractivity contribution < 1.29 is 37.4 Å². The molecule has 1 aromatic rings. The maximum atomic E-state index is 12.6. The molecule has 0 saturated carbocycles. The van der Waals surface area contributed by atoms with Gasteiger partial charge in [-0.2, -0.15) is 13.2 Å². The molecule has 25 heavy (non-hydrogen) atoms. The van der Waals surface area contributed by atoms with Crippen LogP contribution in [-0.4, -0.2) is 47.8 Å². The van der Waals surface area contributed by atoms with Gasteiger partial charge in [-0.15, -0.1) is 0 Å². The molecule has 7 nitrogen and oxygen atoms in total. The molecule has 1 atom stereocenters. The number of aromatic carboxylic acids is 1. The standard InChI is InChI=1S/C15H17F3N2O5/c1-4-25-14(24)19-11-7-9(12(21)22)5-6-10(11)8(2)20(3)13(23)15(16,17)18/h5-8H,4H2,1-3H3,(H,19,24)(H,21,22)/t8-/m0/s1. The fourth-order valence-corrected chi connectivity index (χ4v) is 2.02. The molecule has 0 aromatic heterocycles. The number of rotatable bonds is 5. The zero-order valence-corrected chi connectivity index (χ0v) is 13.7. The molecule has 0 fully saturated rings. The van der Waals surface area contributed by atoms with Gasteiger partial charge in [0.2, 0.25) is 0 Å². The van der Waals surface area contributed by atoms with Crippen LogP contribution in [0.2, 0.25) is 0 Å². The van der Waals surface area contributed by atoms with E-state index in [9.17, 15) is 27.6 Å². The second-order valence-corrected chi connectivity index (χ2v) is 5.04. The van der Waals surface area contributed by atoms with Gasteiger partial charge in [-0.05, 0) is 31.5 Å². The third kappa shape index (κ3) is 5.10. The van der Waals surface area contributed by atoms with Crippen molar-refractivity contribution in [1.29, 1.82) is 0 Å². The third-order valence-electron chi connectivity index (χ3n) is 3.41. The minimum Gasteiger partial charge on any atom is -0.478 e. The van der Waals surface area contributed by atoms with Crippen LogP contribution in [0.1, 0.15) is 35.8 Å². The van der Waals surface area contributed by atoms with Gasteiger partial charge in [0, 0.05) is 7.05 Å². The molecule has 0 spiro atoms. The summed E-state index contributed by atoms with van der Waals surface area (Å²) in [7, 11) is 0.958. The summed E-state index contributed by atoms with van der Waals surface area (Å²) < 4.78 is 42.5. The second kappa shape index (κ2) is 7.86. The number of carboxylic acid groups (broad SMARTS) is 1. The van der Waals surface area contributed by atoms with E-state index in [0.717, 1.165) is 19.2 Å². The monoisotopic (exact) mass is 362 g/mol. The van der Waals surface area contributed by atoms with E-state index in [1.807, 2.05) is 0 Å². The van der Waals surface area contributed by atoms with Gasteiger partial charge in [0.15, 0.2) is 0 Å². The largest absolute Gasteiger partial charge is 0.478 e. The summed E-state index contributed by atoms with van der Waals surface area (Å²) in [6.45, 7) is 2.91. The number of hydrogen-bond acceptors (Lipinski definition) is 4. The first-order valence-corrected chi connectivity index (χ1v) is 7.14. The molecule has 1 aromatic carbocycles.